The van der Waals surface area contributed by atoms with Crippen LogP contribution in [0.4, 0.5) is 8.78 Å². The minimum absolute atomic E-state index is 0.204. The van der Waals surface area contributed by atoms with E-state index >= 15 is 0 Å². The van der Waals surface area contributed by atoms with Gasteiger partial charge in [0.2, 0.25) is 5.88 Å². The molecule has 0 unspecified atom stereocenters. The van der Waals surface area contributed by atoms with Crippen LogP contribution in [0, 0.1) is 11.6 Å². The van der Waals surface area contributed by atoms with Gasteiger partial charge in [-0.3, -0.25) is 4.68 Å². The normalized spacial score (nSPS) is 12.1. The van der Waals surface area contributed by atoms with Gasteiger partial charge >= 0.3 is 0 Å². The SMILES string of the molecule is C[C@H](CCn1cccn1)NCc1cccnc1Oc1ccc(F)c(F)c1. The summed E-state index contributed by atoms with van der Waals surface area (Å²) in [5.41, 5.74) is 0.836. The number of rotatable bonds is 8. The molecule has 0 spiro atoms. The van der Waals surface area contributed by atoms with E-state index in [4.69, 9.17) is 4.74 Å². The molecular weight excluding hydrogens is 338 g/mol. The molecule has 0 saturated heterocycles. The summed E-state index contributed by atoms with van der Waals surface area (Å²) in [6.45, 7) is 3.47. The Bertz CT molecular complexity index is 839. The van der Waals surface area contributed by atoms with E-state index in [1.54, 1.807) is 12.4 Å². The van der Waals surface area contributed by atoms with Gasteiger partial charge in [0, 0.05) is 49.4 Å². The smallest absolute Gasteiger partial charge is 0.223 e. The van der Waals surface area contributed by atoms with E-state index in [1.165, 1.54) is 6.07 Å². The maximum Gasteiger partial charge on any atom is 0.223 e. The molecule has 1 aromatic carbocycles. The third kappa shape index (κ3) is 4.86. The molecule has 3 aromatic rings. The lowest BCUT2D eigenvalue weighted by atomic mass is 10.2. The monoisotopic (exact) mass is 358 g/mol. The van der Waals surface area contributed by atoms with Crippen LogP contribution >= 0.6 is 0 Å². The Hall–Kier alpha value is -2.80. The van der Waals surface area contributed by atoms with Crippen molar-refractivity contribution < 1.29 is 13.5 Å². The number of aryl methyl sites for hydroxylation is 1. The Morgan fingerprint density at radius 3 is 2.81 bits per heavy atom. The van der Waals surface area contributed by atoms with Crippen molar-refractivity contribution in [3.8, 4) is 11.6 Å². The first kappa shape index (κ1) is 18.0. The van der Waals surface area contributed by atoms with Gasteiger partial charge in [-0.05, 0) is 37.6 Å². The second kappa shape index (κ2) is 8.53. The van der Waals surface area contributed by atoms with E-state index in [2.05, 4.69) is 22.3 Å². The van der Waals surface area contributed by atoms with Gasteiger partial charge in [-0.25, -0.2) is 13.8 Å². The Balaban J connectivity index is 1.58. The minimum atomic E-state index is -0.953. The second-order valence-electron chi connectivity index (χ2n) is 5.99. The molecular formula is C19H20F2N4O. The molecule has 0 aliphatic rings. The van der Waals surface area contributed by atoms with Gasteiger partial charge in [0.15, 0.2) is 11.6 Å². The van der Waals surface area contributed by atoms with Crippen LogP contribution in [0.25, 0.3) is 0 Å². The highest BCUT2D eigenvalue weighted by atomic mass is 19.2. The van der Waals surface area contributed by atoms with Gasteiger partial charge < -0.3 is 10.1 Å². The summed E-state index contributed by atoms with van der Waals surface area (Å²) in [5, 5.41) is 7.60. The summed E-state index contributed by atoms with van der Waals surface area (Å²) < 4.78 is 33.9. The zero-order valence-electron chi connectivity index (χ0n) is 14.4. The molecule has 0 aliphatic carbocycles. The maximum absolute atomic E-state index is 13.3. The molecule has 0 saturated carbocycles. The van der Waals surface area contributed by atoms with E-state index in [9.17, 15) is 8.78 Å². The lowest BCUT2D eigenvalue weighted by molar-refractivity contribution is 0.428. The molecule has 0 radical (unpaired) electrons. The first-order chi connectivity index (χ1) is 12.6. The van der Waals surface area contributed by atoms with Crippen molar-refractivity contribution in [2.75, 3.05) is 0 Å². The topological polar surface area (TPSA) is 52.0 Å². The average Bonchev–Trinajstić information content (AvgIpc) is 3.16. The number of hydrogen-bond donors (Lipinski definition) is 1. The molecule has 0 fully saturated rings. The van der Waals surface area contributed by atoms with E-state index in [0.29, 0.717) is 12.4 Å². The zero-order chi connectivity index (χ0) is 18.4. The first-order valence-electron chi connectivity index (χ1n) is 8.39. The molecule has 5 nitrogen and oxygen atoms in total. The van der Waals surface area contributed by atoms with Crippen molar-refractivity contribution in [1.82, 2.24) is 20.1 Å². The van der Waals surface area contributed by atoms with Crippen LogP contribution in [-0.2, 0) is 13.1 Å². The third-order valence-electron chi connectivity index (χ3n) is 3.95. The number of ether oxygens (including phenoxy) is 1. The first-order valence-corrected chi connectivity index (χ1v) is 8.39. The predicted octanol–water partition coefficient (Wildman–Crippen LogP) is 3.92. The van der Waals surface area contributed by atoms with E-state index in [-0.39, 0.29) is 11.8 Å². The van der Waals surface area contributed by atoms with Crippen molar-refractivity contribution in [1.29, 1.82) is 0 Å². The lowest BCUT2D eigenvalue weighted by Crippen LogP contribution is -2.27. The summed E-state index contributed by atoms with van der Waals surface area (Å²) in [7, 11) is 0. The molecule has 3 rings (SSSR count). The highest BCUT2D eigenvalue weighted by Crippen LogP contribution is 2.24. The van der Waals surface area contributed by atoms with Crippen molar-refractivity contribution in [2.24, 2.45) is 0 Å². The number of nitrogens with one attached hydrogen (secondary N) is 1. The standard InChI is InChI=1S/C19H20F2N4O/c1-14(7-11-25-10-3-9-24-25)23-13-15-4-2-8-22-19(15)26-16-5-6-17(20)18(21)12-16/h2-6,8-10,12,14,23H,7,11,13H2,1H3/t14-/m1/s1. The van der Waals surface area contributed by atoms with Crippen LogP contribution < -0.4 is 10.1 Å². The predicted molar refractivity (Wildman–Crippen MR) is 93.8 cm³/mol. The van der Waals surface area contributed by atoms with Crippen molar-refractivity contribution >= 4 is 0 Å². The number of benzene rings is 1. The Morgan fingerprint density at radius 2 is 2.04 bits per heavy atom. The summed E-state index contributed by atoms with van der Waals surface area (Å²) in [6, 6.07) is 9.26. The van der Waals surface area contributed by atoms with Crippen molar-refractivity contribution in [2.45, 2.75) is 32.5 Å². The minimum Gasteiger partial charge on any atom is -0.439 e. The highest BCUT2D eigenvalue weighted by Gasteiger charge is 2.10. The largest absolute Gasteiger partial charge is 0.439 e. The molecule has 26 heavy (non-hydrogen) atoms. The van der Waals surface area contributed by atoms with Crippen LogP contribution in [0.15, 0.2) is 55.0 Å². The molecule has 0 amide bonds. The van der Waals surface area contributed by atoms with Crippen LogP contribution in [0.5, 0.6) is 11.6 Å². The zero-order valence-corrected chi connectivity index (χ0v) is 14.4. The van der Waals surface area contributed by atoms with Gasteiger partial charge in [-0.2, -0.15) is 5.10 Å². The number of pyridine rings is 1. The fourth-order valence-corrected chi connectivity index (χ4v) is 2.45. The highest BCUT2D eigenvalue weighted by molar-refractivity contribution is 5.32. The van der Waals surface area contributed by atoms with E-state index in [1.807, 2.05) is 29.1 Å². The third-order valence-corrected chi connectivity index (χ3v) is 3.95. The number of hydrogen-bond acceptors (Lipinski definition) is 4. The summed E-state index contributed by atoms with van der Waals surface area (Å²) in [4.78, 5) is 4.20. The molecule has 7 heteroatoms. The van der Waals surface area contributed by atoms with Gasteiger partial charge in [0.05, 0.1) is 0 Å². The molecule has 1 atom stereocenters. The molecule has 0 bridgehead atoms. The van der Waals surface area contributed by atoms with Gasteiger partial charge in [-0.1, -0.05) is 6.07 Å². The Kier molecular flexibility index (Phi) is 5.91. The molecule has 1 N–H and O–H groups in total. The van der Waals surface area contributed by atoms with Crippen LogP contribution in [0.3, 0.4) is 0 Å². The van der Waals surface area contributed by atoms with Crippen LogP contribution in [0.2, 0.25) is 0 Å². The average molecular weight is 358 g/mol. The van der Waals surface area contributed by atoms with Crippen molar-refractivity contribution in [3.63, 3.8) is 0 Å². The van der Waals surface area contributed by atoms with E-state index < -0.39 is 11.6 Å². The fraction of sp³-hybridized carbons (Fsp3) is 0.263. The van der Waals surface area contributed by atoms with Crippen LogP contribution in [0.1, 0.15) is 18.9 Å². The van der Waals surface area contributed by atoms with Gasteiger partial charge in [0.1, 0.15) is 5.75 Å². The molecule has 2 aromatic heterocycles. The van der Waals surface area contributed by atoms with Gasteiger partial charge in [-0.15, -0.1) is 0 Å². The number of nitrogens with zero attached hydrogens (tertiary/aromatic N) is 3. The lowest BCUT2D eigenvalue weighted by Gasteiger charge is -2.15. The van der Waals surface area contributed by atoms with Crippen LogP contribution in [-0.4, -0.2) is 20.8 Å². The number of aromatic nitrogens is 3. The quantitative estimate of drug-likeness (QED) is 0.663. The molecule has 136 valence electrons. The molecule has 0 aliphatic heterocycles. The Labute approximate surface area is 150 Å². The van der Waals surface area contributed by atoms with E-state index in [0.717, 1.165) is 30.7 Å². The molecule has 2 heterocycles. The summed E-state index contributed by atoms with van der Waals surface area (Å²) >= 11 is 0. The maximum atomic E-state index is 13.3. The van der Waals surface area contributed by atoms with Gasteiger partial charge in [0.25, 0.3) is 0 Å². The Morgan fingerprint density at radius 1 is 1.15 bits per heavy atom. The summed E-state index contributed by atoms with van der Waals surface area (Å²) in [6.07, 6.45) is 6.21. The summed E-state index contributed by atoms with van der Waals surface area (Å²) in [5.74, 6) is -1.29. The fourth-order valence-electron chi connectivity index (χ4n) is 2.45. The second-order valence-corrected chi connectivity index (χ2v) is 5.99. The number of halogens is 2. The van der Waals surface area contributed by atoms with Crippen molar-refractivity contribution in [3.05, 3.63) is 72.2 Å².